The Kier molecular flexibility index (Phi) is 10.1. The van der Waals surface area contributed by atoms with Crippen molar-refractivity contribution in [2.75, 3.05) is 31.4 Å². The van der Waals surface area contributed by atoms with Gasteiger partial charge in [-0.05, 0) is 62.1 Å². The second kappa shape index (κ2) is 12.9. The molecule has 3 rings (SSSR count). The zero-order chi connectivity index (χ0) is 28.8. The number of carbonyl (C=O) groups is 1. The molecule has 0 amide bonds. The zero-order valence-corrected chi connectivity index (χ0v) is 25.3. The lowest BCUT2D eigenvalue weighted by molar-refractivity contribution is 0.0600. The van der Waals surface area contributed by atoms with Crippen molar-refractivity contribution in [3.63, 3.8) is 0 Å². The lowest BCUT2D eigenvalue weighted by atomic mass is 9.94. The first-order valence-electron chi connectivity index (χ1n) is 12.9. The Morgan fingerprint density at radius 1 is 1.10 bits per heavy atom. The molecule has 212 valence electrons. The average Bonchev–Trinajstić information content (AvgIpc) is 3.23. The summed E-state index contributed by atoms with van der Waals surface area (Å²) < 4.78 is 45.9. The normalized spacial score (nSPS) is 12.0. The third kappa shape index (κ3) is 7.36. The molecule has 9 nitrogen and oxygen atoms in total. The van der Waals surface area contributed by atoms with Gasteiger partial charge >= 0.3 is 5.97 Å². The van der Waals surface area contributed by atoms with Crippen LogP contribution in [0.5, 0.6) is 0 Å². The van der Waals surface area contributed by atoms with Crippen molar-refractivity contribution in [3.05, 3.63) is 64.8 Å². The number of carbonyl (C=O) groups excluding carboxylic acids is 1. The Morgan fingerprint density at radius 2 is 1.82 bits per heavy atom. The van der Waals surface area contributed by atoms with Crippen molar-refractivity contribution in [2.45, 2.75) is 57.3 Å². The molecular weight excluding hydrogens is 536 g/mol. The SMILES string of the molecule is COC(=O)c1ccc(-c2ccccc2S(=O)(=O)N(COCC[Si](C)(C)C)c2onc(C)c2C)c(CCCO)c1. The van der Waals surface area contributed by atoms with E-state index in [-0.39, 0.29) is 24.1 Å². The molecule has 0 radical (unpaired) electrons. The van der Waals surface area contributed by atoms with Crippen LogP contribution in [0.4, 0.5) is 5.88 Å². The minimum Gasteiger partial charge on any atom is -0.465 e. The summed E-state index contributed by atoms with van der Waals surface area (Å²) in [5.41, 5.74) is 3.36. The van der Waals surface area contributed by atoms with E-state index in [1.165, 1.54) is 7.11 Å². The highest BCUT2D eigenvalue weighted by molar-refractivity contribution is 7.93. The molecule has 0 unspecified atom stereocenters. The van der Waals surface area contributed by atoms with Gasteiger partial charge in [-0.15, -0.1) is 0 Å². The number of hydrogen-bond acceptors (Lipinski definition) is 8. The molecule has 0 spiro atoms. The first-order chi connectivity index (χ1) is 18.4. The Morgan fingerprint density at radius 3 is 2.44 bits per heavy atom. The van der Waals surface area contributed by atoms with Crippen LogP contribution in [0.25, 0.3) is 11.1 Å². The third-order valence-corrected chi connectivity index (χ3v) is 9.91. The Labute approximate surface area is 231 Å². The number of methoxy groups -OCH3 is 1. The van der Waals surface area contributed by atoms with E-state index < -0.39 is 24.1 Å². The molecule has 0 fully saturated rings. The molecule has 0 aliphatic carbocycles. The van der Waals surface area contributed by atoms with Crippen LogP contribution in [-0.2, 0) is 25.9 Å². The second-order valence-electron chi connectivity index (χ2n) is 10.6. The lowest BCUT2D eigenvalue weighted by Crippen LogP contribution is -2.34. The number of anilines is 1. The molecular formula is C28H38N2O7SSi. The van der Waals surface area contributed by atoms with Gasteiger partial charge in [-0.1, -0.05) is 49.1 Å². The van der Waals surface area contributed by atoms with E-state index in [4.69, 9.17) is 14.0 Å². The number of aromatic nitrogens is 1. The summed E-state index contributed by atoms with van der Waals surface area (Å²) in [6.45, 7) is 10.3. The van der Waals surface area contributed by atoms with Gasteiger partial charge in [0.05, 0.1) is 23.3 Å². The molecule has 11 heteroatoms. The van der Waals surface area contributed by atoms with Gasteiger partial charge in [-0.3, -0.25) is 0 Å². The number of sulfonamides is 1. The number of benzene rings is 2. The van der Waals surface area contributed by atoms with Gasteiger partial charge in [-0.25, -0.2) is 17.5 Å². The second-order valence-corrected chi connectivity index (χ2v) is 18.0. The minimum absolute atomic E-state index is 0.0471. The Balaban J connectivity index is 2.11. The van der Waals surface area contributed by atoms with Crippen molar-refractivity contribution < 1.29 is 32.3 Å². The molecule has 0 saturated heterocycles. The van der Waals surface area contributed by atoms with E-state index in [0.717, 1.165) is 15.9 Å². The van der Waals surface area contributed by atoms with Crippen molar-refractivity contribution >= 4 is 30.0 Å². The largest absolute Gasteiger partial charge is 0.465 e. The summed E-state index contributed by atoms with van der Waals surface area (Å²) in [7, 11) is -4.27. The van der Waals surface area contributed by atoms with Crippen LogP contribution < -0.4 is 4.31 Å². The van der Waals surface area contributed by atoms with Gasteiger partial charge in [0.1, 0.15) is 6.73 Å². The molecule has 0 bridgehead atoms. The number of nitrogens with zero attached hydrogens (tertiary/aromatic N) is 2. The number of hydrogen-bond donors (Lipinski definition) is 1. The monoisotopic (exact) mass is 574 g/mol. The molecule has 39 heavy (non-hydrogen) atoms. The number of aliphatic hydroxyl groups is 1. The fraction of sp³-hybridized carbons (Fsp3) is 0.429. The topological polar surface area (TPSA) is 119 Å². The smallest absolute Gasteiger partial charge is 0.337 e. The molecule has 0 saturated carbocycles. The Bertz CT molecular complexity index is 1400. The van der Waals surface area contributed by atoms with E-state index in [0.29, 0.717) is 47.4 Å². The molecule has 0 aliphatic rings. The summed E-state index contributed by atoms with van der Waals surface area (Å²) in [4.78, 5) is 12.2. The number of aliphatic hydroxyl groups excluding tert-OH is 1. The van der Waals surface area contributed by atoms with Gasteiger partial charge in [0.15, 0.2) is 0 Å². The summed E-state index contributed by atoms with van der Waals surface area (Å²) in [5, 5.41) is 13.4. The quantitative estimate of drug-likeness (QED) is 0.128. The standard InChI is InChI=1S/C28H38N2O7SSi/c1-20-21(2)29-37-27(20)30(19-36-16-17-39(4,5)6)38(33,34)26-12-8-7-11-25(26)24-14-13-23(28(32)35-3)18-22(24)10-9-15-31/h7-8,11-14,18,31H,9-10,15-17,19H2,1-6H3. The lowest BCUT2D eigenvalue weighted by Gasteiger charge is -2.24. The predicted octanol–water partition coefficient (Wildman–Crippen LogP) is 5.18. The van der Waals surface area contributed by atoms with Gasteiger partial charge in [0.2, 0.25) is 5.88 Å². The van der Waals surface area contributed by atoms with Crippen LogP contribution in [-0.4, -0.2) is 59.8 Å². The van der Waals surface area contributed by atoms with Crippen LogP contribution in [0.15, 0.2) is 51.9 Å². The van der Waals surface area contributed by atoms with Crippen molar-refractivity contribution in [2.24, 2.45) is 0 Å². The van der Waals surface area contributed by atoms with E-state index in [9.17, 15) is 18.3 Å². The third-order valence-electron chi connectivity index (χ3n) is 6.44. The maximum Gasteiger partial charge on any atom is 0.337 e. The molecule has 2 aromatic carbocycles. The van der Waals surface area contributed by atoms with Crippen LogP contribution in [0.1, 0.15) is 33.6 Å². The summed E-state index contributed by atoms with van der Waals surface area (Å²) in [6, 6.07) is 12.6. The van der Waals surface area contributed by atoms with Crippen molar-refractivity contribution in [3.8, 4) is 11.1 Å². The molecule has 1 aromatic heterocycles. The predicted molar refractivity (Wildman–Crippen MR) is 153 cm³/mol. The van der Waals surface area contributed by atoms with E-state index in [2.05, 4.69) is 24.8 Å². The number of ether oxygens (including phenoxy) is 2. The number of aryl methyl sites for hydroxylation is 2. The van der Waals surface area contributed by atoms with Crippen molar-refractivity contribution in [1.82, 2.24) is 5.16 Å². The van der Waals surface area contributed by atoms with E-state index in [1.807, 2.05) is 0 Å². The van der Waals surface area contributed by atoms with Crippen LogP contribution >= 0.6 is 0 Å². The maximum absolute atomic E-state index is 14.3. The first kappa shape index (κ1) is 30.5. The number of esters is 1. The highest BCUT2D eigenvalue weighted by atomic mass is 32.2. The van der Waals surface area contributed by atoms with Gasteiger partial charge in [0, 0.05) is 32.4 Å². The fourth-order valence-corrected chi connectivity index (χ4v) is 6.31. The zero-order valence-electron chi connectivity index (χ0n) is 23.5. The molecule has 1 N–H and O–H groups in total. The van der Waals surface area contributed by atoms with Gasteiger partial charge in [0.25, 0.3) is 10.0 Å². The number of rotatable bonds is 13. The van der Waals surface area contributed by atoms with Gasteiger partial charge < -0.3 is 19.1 Å². The average molecular weight is 575 g/mol. The highest BCUT2D eigenvalue weighted by Gasteiger charge is 2.33. The van der Waals surface area contributed by atoms with Crippen molar-refractivity contribution in [1.29, 1.82) is 0 Å². The molecule has 1 heterocycles. The van der Waals surface area contributed by atoms with Crippen LogP contribution in [0.2, 0.25) is 25.7 Å². The summed E-state index contributed by atoms with van der Waals surface area (Å²) in [5.74, 6) is -0.387. The van der Waals surface area contributed by atoms with Gasteiger partial charge in [-0.2, -0.15) is 0 Å². The molecule has 0 atom stereocenters. The van der Waals surface area contributed by atoms with Crippen LogP contribution in [0.3, 0.4) is 0 Å². The molecule has 0 aliphatic heterocycles. The minimum atomic E-state index is -4.18. The fourth-order valence-electron chi connectivity index (χ4n) is 4.01. The first-order valence-corrected chi connectivity index (χ1v) is 18.0. The Hall–Kier alpha value is -2.99. The van der Waals surface area contributed by atoms with E-state index in [1.54, 1.807) is 56.3 Å². The van der Waals surface area contributed by atoms with E-state index >= 15 is 0 Å². The summed E-state index contributed by atoms with van der Waals surface area (Å²) in [6.07, 6.45) is 0.884. The molecule has 3 aromatic rings. The summed E-state index contributed by atoms with van der Waals surface area (Å²) >= 11 is 0. The highest BCUT2D eigenvalue weighted by Crippen LogP contribution is 2.36. The van der Waals surface area contributed by atoms with Crippen LogP contribution in [0, 0.1) is 13.8 Å². The maximum atomic E-state index is 14.3.